The number of nitrogens with one attached hydrogen (secondary N) is 2. The third-order valence-corrected chi connectivity index (χ3v) is 11.2. The number of benzene rings is 1. The third-order valence-electron chi connectivity index (χ3n) is 9.53. The average Bonchev–Trinajstić information content (AvgIpc) is 3.29. The van der Waals surface area contributed by atoms with Gasteiger partial charge in [0.1, 0.15) is 25.2 Å². The predicted molar refractivity (Wildman–Crippen MR) is 176 cm³/mol. The van der Waals surface area contributed by atoms with Gasteiger partial charge in [-0.05, 0) is 49.1 Å². The maximum Gasteiger partial charge on any atom is 0.408 e. The van der Waals surface area contributed by atoms with Crippen LogP contribution < -0.4 is 15.5 Å². The fraction of sp³-hybridized carbons (Fsp3) is 0.618. The molecule has 1 spiro atoms. The molecule has 3 aliphatic rings. The SMILES string of the molecule is CC1CCC([C@H](NC(=O)OCc2ccccc2)C(=O)Nc2cc3c(cn2)C2(CCOCC2)CN3COCC[Si](C)(C)C)CC1. The molecular formula is C34H50N4O5Si. The number of pyridine rings is 1. The quantitative estimate of drug-likeness (QED) is 0.223. The minimum absolute atomic E-state index is 0.0172. The Hall–Kier alpha value is -2.95. The number of hydrogen-bond acceptors (Lipinski definition) is 7. The monoisotopic (exact) mass is 622 g/mol. The normalized spacial score (nSPS) is 21.9. The molecule has 2 aromatic rings. The number of amides is 2. The Morgan fingerprint density at radius 1 is 1.11 bits per heavy atom. The molecule has 1 aromatic carbocycles. The highest BCUT2D eigenvalue weighted by molar-refractivity contribution is 6.76. The van der Waals surface area contributed by atoms with Crippen LogP contribution in [0.4, 0.5) is 16.3 Å². The van der Waals surface area contributed by atoms with E-state index in [0.717, 1.165) is 82.2 Å². The van der Waals surface area contributed by atoms with E-state index in [0.29, 0.717) is 18.5 Å². The van der Waals surface area contributed by atoms with Gasteiger partial charge in [-0.1, -0.05) is 69.7 Å². The van der Waals surface area contributed by atoms with E-state index in [9.17, 15) is 9.59 Å². The fourth-order valence-electron chi connectivity index (χ4n) is 6.69. The summed E-state index contributed by atoms with van der Waals surface area (Å²) in [5.41, 5.74) is 3.14. The second kappa shape index (κ2) is 14.4. The van der Waals surface area contributed by atoms with Crippen LogP contribution in [0.2, 0.25) is 25.7 Å². The summed E-state index contributed by atoms with van der Waals surface area (Å²) in [5, 5.41) is 5.96. The molecular weight excluding hydrogens is 572 g/mol. The van der Waals surface area contributed by atoms with Gasteiger partial charge < -0.3 is 29.7 Å². The number of ether oxygens (including phenoxy) is 3. The van der Waals surface area contributed by atoms with Crippen LogP contribution in [0.1, 0.15) is 56.6 Å². The van der Waals surface area contributed by atoms with Crippen molar-refractivity contribution in [1.82, 2.24) is 10.3 Å². The smallest absolute Gasteiger partial charge is 0.408 e. The van der Waals surface area contributed by atoms with Gasteiger partial charge in [-0.15, -0.1) is 0 Å². The Balaban J connectivity index is 1.30. The molecule has 3 heterocycles. The standard InChI is InChI=1S/C34H50N4O5Si/c1-25-10-12-27(13-11-25)31(37-33(40)43-22-26-8-6-5-7-9-26)32(39)36-30-20-29-28(21-35-30)34(14-16-41-17-15-34)23-38(29)24-42-18-19-44(2,3)4/h5-9,20-21,25,27,31H,10-19,22-24H2,1-4H3,(H,37,40)(H,35,36,39)/t25?,27?,31-/m0/s1. The van der Waals surface area contributed by atoms with E-state index in [-0.39, 0.29) is 23.8 Å². The number of carbonyl (C=O) groups is 2. The number of anilines is 2. The lowest BCUT2D eigenvalue weighted by molar-refractivity contribution is -0.119. The van der Waals surface area contributed by atoms with Crippen LogP contribution in [0.25, 0.3) is 0 Å². The molecule has 5 rings (SSSR count). The number of nitrogens with zero attached hydrogens (tertiary/aromatic N) is 2. The van der Waals surface area contributed by atoms with Crippen molar-refractivity contribution in [2.45, 2.75) is 89.2 Å². The Kier molecular flexibility index (Phi) is 10.6. The summed E-state index contributed by atoms with van der Waals surface area (Å²) in [7, 11) is -1.19. The molecule has 2 N–H and O–H groups in total. The second-order valence-electron chi connectivity index (χ2n) is 14.2. The highest BCUT2D eigenvalue weighted by Crippen LogP contribution is 2.47. The molecule has 2 amide bonds. The van der Waals surface area contributed by atoms with Gasteiger partial charge >= 0.3 is 6.09 Å². The molecule has 240 valence electrons. The highest BCUT2D eigenvalue weighted by Gasteiger charge is 2.44. The molecule has 1 aromatic heterocycles. The Bertz CT molecular complexity index is 1260. The zero-order valence-corrected chi connectivity index (χ0v) is 27.9. The first-order valence-electron chi connectivity index (χ1n) is 16.3. The van der Waals surface area contributed by atoms with Gasteiger partial charge in [-0.25, -0.2) is 9.78 Å². The van der Waals surface area contributed by atoms with E-state index in [1.54, 1.807) is 0 Å². The minimum Gasteiger partial charge on any atom is -0.445 e. The van der Waals surface area contributed by atoms with Crippen molar-refractivity contribution in [3.8, 4) is 0 Å². The van der Waals surface area contributed by atoms with Gasteiger partial charge in [0.25, 0.3) is 0 Å². The summed E-state index contributed by atoms with van der Waals surface area (Å²) in [5.74, 6) is 0.880. The van der Waals surface area contributed by atoms with E-state index in [1.165, 1.54) is 5.56 Å². The van der Waals surface area contributed by atoms with Crippen LogP contribution in [-0.4, -0.2) is 64.2 Å². The molecule has 1 saturated heterocycles. The van der Waals surface area contributed by atoms with Crippen molar-refractivity contribution < 1.29 is 23.8 Å². The molecule has 0 unspecified atom stereocenters. The molecule has 2 aliphatic heterocycles. The largest absolute Gasteiger partial charge is 0.445 e. The summed E-state index contributed by atoms with van der Waals surface area (Å²) < 4.78 is 17.4. The van der Waals surface area contributed by atoms with Crippen molar-refractivity contribution in [2.24, 2.45) is 11.8 Å². The zero-order chi connectivity index (χ0) is 31.2. The first-order chi connectivity index (χ1) is 21.1. The van der Waals surface area contributed by atoms with Crippen molar-refractivity contribution in [3.05, 3.63) is 53.7 Å². The summed E-state index contributed by atoms with van der Waals surface area (Å²) in [6, 6.07) is 11.9. The number of rotatable bonds is 11. The molecule has 9 nitrogen and oxygen atoms in total. The molecule has 1 saturated carbocycles. The lowest BCUT2D eigenvalue weighted by Crippen LogP contribution is -2.49. The fourth-order valence-corrected chi connectivity index (χ4v) is 7.45. The first kappa shape index (κ1) is 32.4. The van der Waals surface area contributed by atoms with Gasteiger partial charge in [0.2, 0.25) is 5.91 Å². The van der Waals surface area contributed by atoms with E-state index in [2.05, 4.69) is 42.1 Å². The van der Waals surface area contributed by atoms with Crippen LogP contribution in [0.15, 0.2) is 42.6 Å². The maximum atomic E-state index is 13.8. The average molecular weight is 623 g/mol. The Labute approximate surface area is 263 Å². The molecule has 0 radical (unpaired) electrons. The molecule has 0 bridgehead atoms. The summed E-state index contributed by atoms with van der Waals surface area (Å²) >= 11 is 0. The van der Waals surface area contributed by atoms with Gasteiger partial charge in [-0.2, -0.15) is 0 Å². The van der Waals surface area contributed by atoms with E-state index in [4.69, 9.17) is 19.2 Å². The zero-order valence-electron chi connectivity index (χ0n) is 26.9. The van der Waals surface area contributed by atoms with Crippen LogP contribution >= 0.6 is 0 Å². The number of carbonyl (C=O) groups excluding carboxylic acids is 2. The van der Waals surface area contributed by atoms with E-state index in [1.807, 2.05) is 42.6 Å². The molecule has 1 aliphatic carbocycles. The van der Waals surface area contributed by atoms with Crippen molar-refractivity contribution in [1.29, 1.82) is 0 Å². The summed E-state index contributed by atoms with van der Waals surface area (Å²) in [6.45, 7) is 13.1. The predicted octanol–water partition coefficient (Wildman–Crippen LogP) is 6.32. The van der Waals surface area contributed by atoms with Crippen LogP contribution in [0.5, 0.6) is 0 Å². The van der Waals surface area contributed by atoms with Crippen LogP contribution in [-0.2, 0) is 31.0 Å². The van der Waals surface area contributed by atoms with Gasteiger partial charge in [0.15, 0.2) is 0 Å². The van der Waals surface area contributed by atoms with Crippen molar-refractivity contribution >= 4 is 31.6 Å². The number of fused-ring (bicyclic) bond motifs is 2. The van der Waals surface area contributed by atoms with Crippen LogP contribution in [0, 0.1) is 11.8 Å². The number of alkyl carbamates (subject to hydrolysis) is 1. The van der Waals surface area contributed by atoms with Gasteiger partial charge in [0, 0.05) is 63.4 Å². The summed E-state index contributed by atoms with van der Waals surface area (Å²) in [4.78, 5) is 33.7. The molecule has 10 heteroatoms. The Morgan fingerprint density at radius 3 is 2.55 bits per heavy atom. The highest BCUT2D eigenvalue weighted by atomic mass is 28.3. The number of hydrogen-bond donors (Lipinski definition) is 2. The topological polar surface area (TPSA) is 102 Å². The van der Waals surface area contributed by atoms with Gasteiger partial charge in [-0.3, -0.25) is 4.79 Å². The second-order valence-corrected chi connectivity index (χ2v) is 19.8. The molecule has 2 fully saturated rings. The summed E-state index contributed by atoms with van der Waals surface area (Å²) in [6.07, 6.45) is 7.04. The van der Waals surface area contributed by atoms with Crippen molar-refractivity contribution in [2.75, 3.05) is 43.3 Å². The first-order valence-corrected chi connectivity index (χ1v) is 20.0. The Morgan fingerprint density at radius 2 is 1.84 bits per heavy atom. The lowest BCUT2D eigenvalue weighted by Gasteiger charge is -2.34. The van der Waals surface area contributed by atoms with Crippen LogP contribution in [0.3, 0.4) is 0 Å². The lowest BCUT2D eigenvalue weighted by atomic mass is 9.76. The van der Waals surface area contributed by atoms with E-state index < -0.39 is 20.2 Å². The third kappa shape index (κ3) is 8.40. The van der Waals surface area contributed by atoms with E-state index >= 15 is 0 Å². The molecule has 44 heavy (non-hydrogen) atoms. The minimum atomic E-state index is -1.19. The van der Waals surface area contributed by atoms with Gasteiger partial charge in [0.05, 0.1) is 0 Å². The maximum absolute atomic E-state index is 13.8. The molecule has 1 atom stereocenters. The number of aromatic nitrogens is 1. The van der Waals surface area contributed by atoms with Crippen molar-refractivity contribution in [3.63, 3.8) is 0 Å².